The molecule has 0 radical (unpaired) electrons. The SMILES string of the molecule is CC1(CN2Cc3cnc(-c4ccc(F)cc4)nc3C2)Cn2cc([N+](=O)[O-])nc2O1. The summed E-state index contributed by atoms with van der Waals surface area (Å²) in [4.78, 5) is 25.5. The molecule has 3 aromatic rings. The van der Waals surface area contributed by atoms with Crippen molar-refractivity contribution in [1.29, 1.82) is 0 Å². The van der Waals surface area contributed by atoms with Crippen LogP contribution in [0.4, 0.5) is 10.2 Å². The Hall–Kier alpha value is -3.40. The van der Waals surface area contributed by atoms with Crippen molar-refractivity contribution in [2.45, 2.75) is 32.2 Å². The third-order valence-corrected chi connectivity index (χ3v) is 5.14. The van der Waals surface area contributed by atoms with Crippen molar-refractivity contribution >= 4 is 5.82 Å². The maximum absolute atomic E-state index is 13.1. The number of nitrogens with zero attached hydrogens (tertiary/aromatic N) is 6. The van der Waals surface area contributed by atoms with E-state index in [-0.39, 0.29) is 17.6 Å². The van der Waals surface area contributed by atoms with Gasteiger partial charge in [-0.25, -0.2) is 14.4 Å². The summed E-state index contributed by atoms with van der Waals surface area (Å²) >= 11 is 0. The summed E-state index contributed by atoms with van der Waals surface area (Å²) in [6, 6.07) is 6.39. The summed E-state index contributed by atoms with van der Waals surface area (Å²) in [7, 11) is 0. The molecule has 4 heterocycles. The molecule has 0 saturated heterocycles. The molecule has 9 nitrogen and oxygen atoms in total. The zero-order chi connectivity index (χ0) is 20.2. The predicted octanol–water partition coefficient (Wildman–Crippen LogP) is 2.55. The Kier molecular flexibility index (Phi) is 3.85. The summed E-state index contributed by atoms with van der Waals surface area (Å²) in [5, 5.41) is 10.9. The van der Waals surface area contributed by atoms with E-state index in [1.54, 1.807) is 16.7 Å². The van der Waals surface area contributed by atoms with Crippen LogP contribution in [0.1, 0.15) is 18.2 Å². The lowest BCUT2D eigenvalue weighted by Crippen LogP contribution is -2.43. The molecule has 0 saturated carbocycles. The van der Waals surface area contributed by atoms with Gasteiger partial charge < -0.3 is 14.9 Å². The quantitative estimate of drug-likeness (QED) is 0.494. The highest BCUT2D eigenvalue weighted by atomic mass is 19.1. The third-order valence-electron chi connectivity index (χ3n) is 5.14. The topological polar surface area (TPSA) is 99.2 Å². The van der Waals surface area contributed by atoms with Gasteiger partial charge in [0.25, 0.3) is 0 Å². The standard InChI is InChI=1S/C19H17FN6O3/c1-19(11-25-9-16(26(27)28)23-18(25)29-19)10-24-7-13-6-21-17(22-15(13)8-24)12-2-4-14(20)5-3-12/h2-6,9H,7-8,10-11H2,1H3. The van der Waals surface area contributed by atoms with Gasteiger partial charge in [0.15, 0.2) is 5.82 Å². The molecule has 1 unspecified atom stereocenters. The number of hydrogen-bond donors (Lipinski definition) is 0. The van der Waals surface area contributed by atoms with Crippen LogP contribution in [0.5, 0.6) is 6.01 Å². The van der Waals surface area contributed by atoms with Crippen molar-refractivity contribution in [2.75, 3.05) is 6.54 Å². The zero-order valence-electron chi connectivity index (χ0n) is 15.6. The maximum Gasteiger partial charge on any atom is 0.415 e. The Labute approximate surface area is 164 Å². The van der Waals surface area contributed by atoms with E-state index < -0.39 is 10.5 Å². The molecule has 0 N–H and O–H groups in total. The van der Waals surface area contributed by atoms with Gasteiger partial charge >= 0.3 is 11.8 Å². The Bertz CT molecular complexity index is 1090. The van der Waals surface area contributed by atoms with Crippen molar-refractivity contribution < 1.29 is 14.1 Å². The molecular weight excluding hydrogens is 379 g/mol. The number of nitro groups is 1. The minimum atomic E-state index is -0.535. The highest BCUT2D eigenvalue weighted by molar-refractivity contribution is 5.55. The zero-order valence-corrected chi connectivity index (χ0v) is 15.6. The van der Waals surface area contributed by atoms with Crippen LogP contribution in [0, 0.1) is 15.9 Å². The van der Waals surface area contributed by atoms with E-state index in [2.05, 4.69) is 19.9 Å². The fraction of sp³-hybridized carbons (Fsp3) is 0.316. The number of imidazole rings is 1. The Morgan fingerprint density at radius 1 is 1.28 bits per heavy atom. The lowest BCUT2D eigenvalue weighted by Gasteiger charge is -2.27. The minimum Gasteiger partial charge on any atom is -0.436 e. The summed E-state index contributed by atoms with van der Waals surface area (Å²) in [6.07, 6.45) is 3.22. The van der Waals surface area contributed by atoms with Gasteiger partial charge in [-0.05, 0) is 36.1 Å². The van der Waals surface area contributed by atoms with E-state index in [9.17, 15) is 14.5 Å². The fourth-order valence-corrected chi connectivity index (χ4v) is 3.91. The summed E-state index contributed by atoms with van der Waals surface area (Å²) < 4.78 is 20.7. The van der Waals surface area contributed by atoms with E-state index in [0.717, 1.165) is 16.8 Å². The Balaban J connectivity index is 1.29. The average molecular weight is 396 g/mol. The highest BCUT2D eigenvalue weighted by Crippen LogP contribution is 2.33. The molecule has 2 aliphatic heterocycles. The number of benzene rings is 1. The first-order valence-corrected chi connectivity index (χ1v) is 9.12. The van der Waals surface area contributed by atoms with Crippen molar-refractivity contribution in [1.82, 2.24) is 24.4 Å². The molecule has 29 heavy (non-hydrogen) atoms. The molecule has 2 aliphatic rings. The first-order chi connectivity index (χ1) is 13.9. The number of fused-ring (bicyclic) bond motifs is 2. The number of hydrogen-bond acceptors (Lipinski definition) is 7. The van der Waals surface area contributed by atoms with Crippen LogP contribution in [-0.2, 0) is 19.6 Å². The fourth-order valence-electron chi connectivity index (χ4n) is 3.91. The second kappa shape index (κ2) is 6.31. The van der Waals surface area contributed by atoms with E-state index in [4.69, 9.17) is 4.74 Å². The highest BCUT2D eigenvalue weighted by Gasteiger charge is 2.42. The molecule has 0 amide bonds. The van der Waals surface area contributed by atoms with E-state index in [1.165, 1.54) is 18.3 Å². The van der Waals surface area contributed by atoms with Gasteiger partial charge in [0.1, 0.15) is 17.6 Å². The minimum absolute atomic E-state index is 0.209. The molecule has 0 fully saturated rings. The summed E-state index contributed by atoms with van der Waals surface area (Å²) in [6.45, 7) is 4.41. The molecule has 0 bridgehead atoms. The van der Waals surface area contributed by atoms with Gasteiger partial charge in [-0.1, -0.05) is 0 Å². The molecule has 0 aliphatic carbocycles. The molecular formula is C19H17FN6O3. The normalized spacial score (nSPS) is 20.3. The number of aromatic nitrogens is 4. The van der Waals surface area contributed by atoms with Crippen LogP contribution in [-0.4, -0.2) is 41.5 Å². The third kappa shape index (κ3) is 3.21. The Morgan fingerprint density at radius 2 is 2.07 bits per heavy atom. The maximum atomic E-state index is 13.1. The van der Waals surface area contributed by atoms with Gasteiger partial charge in [-0.3, -0.25) is 9.47 Å². The first-order valence-electron chi connectivity index (χ1n) is 9.12. The van der Waals surface area contributed by atoms with E-state index in [1.807, 2.05) is 13.1 Å². The molecule has 0 spiro atoms. The number of halogens is 1. The number of ether oxygens (including phenoxy) is 1. The van der Waals surface area contributed by atoms with Crippen molar-refractivity contribution in [3.8, 4) is 17.4 Å². The van der Waals surface area contributed by atoms with Crippen LogP contribution >= 0.6 is 0 Å². The smallest absolute Gasteiger partial charge is 0.415 e. The van der Waals surface area contributed by atoms with Crippen LogP contribution in [0.3, 0.4) is 0 Å². The van der Waals surface area contributed by atoms with Crippen LogP contribution in [0.15, 0.2) is 36.7 Å². The van der Waals surface area contributed by atoms with E-state index >= 15 is 0 Å². The molecule has 1 aromatic carbocycles. The molecule has 5 rings (SSSR count). The van der Waals surface area contributed by atoms with Gasteiger partial charge in [-0.2, -0.15) is 0 Å². The second-order valence-corrected chi connectivity index (χ2v) is 7.64. The average Bonchev–Trinajstić information content (AvgIpc) is 3.32. The molecule has 2 aromatic heterocycles. The monoisotopic (exact) mass is 396 g/mol. The summed E-state index contributed by atoms with van der Waals surface area (Å²) in [5.74, 6) is 0.0665. The van der Waals surface area contributed by atoms with Gasteiger partial charge in [0.2, 0.25) is 0 Å². The predicted molar refractivity (Wildman–Crippen MR) is 99.5 cm³/mol. The van der Waals surface area contributed by atoms with Gasteiger partial charge in [0, 0.05) is 41.9 Å². The molecule has 1 atom stereocenters. The molecule has 148 valence electrons. The second-order valence-electron chi connectivity index (χ2n) is 7.64. The Morgan fingerprint density at radius 3 is 2.79 bits per heavy atom. The van der Waals surface area contributed by atoms with Crippen molar-refractivity contribution in [3.63, 3.8) is 0 Å². The van der Waals surface area contributed by atoms with Crippen LogP contribution < -0.4 is 4.74 Å². The lowest BCUT2D eigenvalue weighted by atomic mass is 10.1. The number of rotatable bonds is 4. The van der Waals surface area contributed by atoms with Crippen molar-refractivity contribution in [3.05, 3.63) is 63.8 Å². The van der Waals surface area contributed by atoms with Crippen LogP contribution in [0.2, 0.25) is 0 Å². The summed E-state index contributed by atoms with van der Waals surface area (Å²) in [5.41, 5.74) is 2.22. The largest absolute Gasteiger partial charge is 0.436 e. The van der Waals surface area contributed by atoms with Gasteiger partial charge in [-0.15, -0.1) is 0 Å². The molecule has 10 heteroatoms. The van der Waals surface area contributed by atoms with Gasteiger partial charge in [0.05, 0.1) is 12.2 Å². The lowest BCUT2D eigenvalue weighted by molar-refractivity contribution is -0.389. The van der Waals surface area contributed by atoms with Crippen LogP contribution in [0.25, 0.3) is 11.4 Å². The van der Waals surface area contributed by atoms with Crippen molar-refractivity contribution in [2.24, 2.45) is 0 Å². The first kappa shape index (κ1) is 17.7. The van der Waals surface area contributed by atoms with E-state index in [0.29, 0.717) is 32.0 Å².